The maximum Gasteiger partial charge on any atom is 0.307 e. The van der Waals surface area contributed by atoms with Gasteiger partial charge in [0, 0.05) is 3.57 Å². The van der Waals surface area contributed by atoms with Crippen molar-refractivity contribution in [3.8, 4) is 0 Å². The van der Waals surface area contributed by atoms with E-state index in [2.05, 4.69) is 44.1 Å². The van der Waals surface area contributed by atoms with Crippen LogP contribution in [-0.4, -0.2) is 9.38 Å². The first kappa shape index (κ1) is 9.47. The first-order valence-corrected chi connectivity index (χ1v) is 6.36. The lowest BCUT2D eigenvalue weighted by Gasteiger charge is -1.93. The van der Waals surface area contributed by atoms with E-state index in [1.54, 1.807) is 0 Å². The molecule has 4 aromatic rings. The number of nitrogens with zero attached hydrogens (tertiary/aromatic N) is 2. The molecule has 0 bridgehead atoms. The second-order valence-electron chi connectivity index (χ2n) is 3.93. The van der Waals surface area contributed by atoms with E-state index >= 15 is 0 Å². The maximum atomic E-state index is 5.73. The van der Waals surface area contributed by atoms with Gasteiger partial charge in [-0.25, -0.2) is 0 Å². The highest BCUT2D eigenvalue weighted by atomic mass is 127. The van der Waals surface area contributed by atoms with Gasteiger partial charge in [0.1, 0.15) is 0 Å². The Balaban J connectivity index is 2.33. The zero-order valence-electron chi connectivity index (χ0n) is 8.72. The normalized spacial score (nSPS) is 11.8. The largest absolute Gasteiger partial charge is 0.423 e. The molecular formula is C13H7IN2O. The molecule has 17 heavy (non-hydrogen) atoms. The van der Waals surface area contributed by atoms with Crippen molar-refractivity contribution in [2.75, 3.05) is 0 Å². The summed E-state index contributed by atoms with van der Waals surface area (Å²) in [7, 11) is 0. The van der Waals surface area contributed by atoms with Crippen molar-refractivity contribution in [2.45, 2.75) is 0 Å². The van der Waals surface area contributed by atoms with Gasteiger partial charge in [0.2, 0.25) is 0 Å². The van der Waals surface area contributed by atoms with Crippen molar-refractivity contribution >= 4 is 50.6 Å². The second kappa shape index (κ2) is 3.22. The van der Waals surface area contributed by atoms with E-state index in [9.17, 15) is 0 Å². The molecule has 2 heterocycles. The molecule has 0 spiro atoms. The summed E-state index contributed by atoms with van der Waals surface area (Å²) in [5.74, 6) is 0.656. The third-order valence-electron chi connectivity index (χ3n) is 2.89. The Morgan fingerprint density at radius 3 is 2.88 bits per heavy atom. The van der Waals surface area contributed by atoms with Crippen LogP contribution in [0, 0.1) is 3.57 Å². The summed E-state index contributed by atoms with van der Waals surface area (Å²) in [6, 6.07) is 14.2. The van der Waals surface area contributed by atoms with Gasteiger partial charge in [-0.3, -0.25) is 4.40 Å². The average Bonchev–Trinajstić information content (AvgIpc) is 2.84. The molecule has 82 valence electrons. The number of halogens is 1. The molecule has 0 aliphatic carbocycles. The molecule has 0 aliphatic heterocycles. The highest BCUT2D eigenvalue weighted by Gasteiger charge is 2.11. The predicted octanol–water partition coefficient (Wildman–Crippen LogP) is 3.84. The zero-order chi connectivity index (χ0) is 11.4. The SMILES string of the molecule is Ic1ccc2nc3oc4ccccc4n3c2c1. The molecule has 2 aromatic heterocycles. The number of imidazole rings is 1. The van der Waals surface area contributed by atoms with Gasteiger partial charge in [-0.2, -0.15) is 4.98 Å². The summed E-state index contributed by atoms with van der Waals surface area (Å²) in [6.07, 6.45) is 0. The fraction of sp³-hybridized carbons (Fsp3) is 0. The fourth-order valence-corrected chi connectivity index (χ4v) is 2.63. The topological polar surface area (TPSA) is 30.4 Å². The summed E-state index contributed by atoms with van der Waals surface area (Å²) >= 11 is 2.31. The molecule has 2 aromatic carbocycles. The standard InChI is InChI=1S/C13H7IN2O/c14-8-5-6-9-11(7-8)16-10-3-1-2-4-12(10)17-13(16)15-9/h1-7H. The summed E-state index contributed by atoms with van der Waals surface area (Å²) < 4.78 is 8.99. The van der Waals surface area contributed by atoms with Gasteiger partial charge in [0.05, 0.1) is 16.6 Å². The van der Waals surface area contributed by atoms with E-state index in [4.69, 9.17) is 4.42 Å². The quantitative estimate of drug-likeness (QED) is 0.458. The van der Waals surface area contributed by atoms with Gasteiger partial charge in [0.15, 0.2) is 5.58 Å². The lowest BCUT2D eigenvalue weighted by Crippen LogP contribution is -1.80. The van der Waals surface area contributed by atoms with Crippen LogP contribution in [0.4, 0.5) is 0 Å². The average molecular weight is 334 g/mol. The number of rotatable bonds is 0. The first-order valence-electron chi connectivity index (χ1n) is 5.28. The molecule has 4 heteroatoms. The molecule has 4 rings (SSSR count). The van der Waals surface area contributed by atoms with Crippen LogP contribution in [0.2, 0.25) is 0 Å². The smallest absolute Gasteiger partial charge is 0.307 e. The molecular weight excluding hydrogens is 327 g/mol. The van der Waals surface area contributed by atoms with Gasteiger partial charge >= 0.3 is 5.84 Å². The minimum Gasteiger partial charge on any atom is -0.423 e. The van der Waals surface area contributed by atoms with Crippen molar-refractivity contribution in [3.63, 3.8) is 0 Å². The molecule has 0 aliphatic rings. The highest BCUT2D eigenvalue weighted by molar-refractivity contribution is 14.1. The lowest BCUT2D eigenvalue weighted by atomic mass is 10.3. The third-order valence-corrected chi connectivity index (χ3v) is 3.56. The Hall–Kier alpha value is -1.56. The van der Waals surface area contributed by atoms with E-state index in [1.165, 1.54) is 3.57 Å². The third kappa shape index (κ3) is 1.24. The van der Waals surface area contributed by atoms with E-state index in [0.29, 0.717) is 5.84 Å². The molecule has 0 N–H and O–H groups in total. The first-order chi connectivity index (χ1) is 8.33. The van der Waals surface area contributed by atoms with Crippen molar-refractivity contribution in [1.29, 1.82) is 0 Å². The monoisotopic (exact) mass is 334 g/mol. The Morgan fingerprint density at radius 1 is 1.06 bits per heavy atom. The van der Waals surface area contributed by atoms with Crippen LogP contribution in [0.15, 0.2) is 46.9 Å². The minimum absolute atomic E-state index is 0.656. The maximum absolute atomic E-state index is 5.73. The minimum atomic E-state index is 0.656. The number of aromatic nitrogens is 2. The second-order valence-corrected chi connectivity index (χ2v) is 5.18. The van der Waals surface area contributed by atoms with Crippen molar-refractivity contribution in [2.24, 2.45) is 0 Å². The molecule has 0 unspecified atom stereocenters. The molecule has 0 fully saturated rings. The number of hydrogen-bond donors (Lipinski definition) is 0. The Kier molecular flexibility index (Phi) is 1.80. The summed E-state index contributed by atoms with van der Waals surface area (Å²) in [5.41, 5.74) is 3.99. The molecule has 0 saturated heterocycles. The molecule has 0 atom stereocenters. The van der Waals surface area contributed by atoms with Gasteiger partial charge in [-0.05, 0) is 52.9 Å². The number of oxazole rings is 1. The van der Waals surface area contributed by atoms with E-state index in [-0.39, 0.29) is 0 Å². The highest BCUT2D eigenvalue weighted by Crippen LogP contribution is 2.26. The zero-order valence-corrected chi connectivity index (χ0v) is 10.9. The van der Waals surface area contributed by atoms with Gasteiger partial charge < -0.3 is 4.42 Å². The van der Waals surface area contributed by atoms with E-state index < -0.39 is 0 Å². The number of fused-ring (bicyclic) bond motifs is 5. The fourth-order valence-electron chi connectivity index (χ4n) is 2.15. The van der Waals surface area contributed by atoms with Gasteiger partial charge in [-0.1, -0.05) is 12.1 Å². The van der Waals surface area contributed by atoms with Crippen molar-refractivity contribution < 1.29 is 4.42 Å². The summed E-state index contributed by atoms with van der Waals surface area (Å²) in [4.78, 5) is 4.49. The van der Waals surface area contributed by atoms with Crippen LogP contribution in [-0.2, 0) is 0 Å². The summed E-state index contributed by atoms with van der Waals surface area (Å²) in [5, 5.41) is 0. The Labute approximate surface area is 110 Å². The van der Waals surface area contributed by atoms with Crippen LogP contribution in [0.3, 0.4) is 0 Å². The van der Waals surface area contributed by atoms with Crippen molar-refractivity contribution in [3.05, 3.63) is 46.0 Å². The number of para-hydroxylation sites is 2. The van der Waals surface area contributed by atoms with E-state index in [1.807, 2.05) is 30.3 Å². The molecule has 3 nitrogen and oxygen atoms in total. The molecule has 0 amide bonds. The van der Waals surface area contributed by atoms with Crippen LogP contribution >= 0.6 is 22.6 Å². The molecule has 0 radical (unpaired) electrons. The summed E-state index contributed by atoms with van der Waals surface area (Å²) in [6.45, 7) is 0. The van der Waals surface area contributed by atoms with Crippen LogP contribution in [0.1, 0.15) is 0 Å². The predicted molar refractivity (Wildman–Crippen MR) is 75.2 cm³/mol. The lowest BCUT2D eigenvalue weighted by molar-refractivity contribution is 0.643. The van der Waals surface area contributed by atoms with Crippen LogP contribution < -0.4 is 0 Å². The van der Waals surface area contributed by atoms with Gasteiger partial charge in [-0.15, -0.1) is 0 Å². The molecule has 0 saturated carbocycles. The van der Waals surface area contributed by atoms with Crippen molar-refractivity contribution in [1.82, 2.24) is 9.38 Å². The van der Waals surface area contributed by atoms with E-state index in [0.717, 1.165) is 22.1 Å². The Morgan fingerprint density at radius 2 is 1.94 bits per heavy atom. The number of benzene rings is 2. The Bertz CT molecular complexity index is 860. The van der Waals surface area contributed by atoms with Gasteiger partial charge in [0.25, 0.3) is 0 Å². The van der Waals surface area contributed by atoms with Crippen LogP contribution in [0.5, 0.6) is 0 Å². The number of hydrogen-bond acceptors (Lipinski definition) is 2. The van der Waals surface area contributed by atoms with Crippen LogP contribution in [0.25, 0.3) is 28.0 Å².